The van der Waals surface area contributed by atoms with Crippen molar-refractivity contribution in [2.45, 2.75) is 51.0 Å². The highest BCUT2D eigenvalue weighted by Crippen LogP contribution is 2.29. The van der Waals surface area contributed by atoms with E-state index in [9.17, 15) is 9.59 Å². The van der Waals surface area contributed by atoms with Gasteiger partial charge in [-0.15, -0.1) is 0 Å². The summed E-state index contributed by atoms with van der Waals surface area (Å²) >= 11 is 6.18. The second-order valence-electron chi connectivity index (χ2n) is 6.91. The molecule has 0 saturated heterocycles. The number of hydrogen-bond acceptors (Lipinski definition) is 5. The zero-order chi connectivity index (χ0) is 21.1. The van der Waals surface area contributed by atoms with E-state index < -0.39 is 11.9 Å². The first-order valence-corrected chi connectivity index (χ1v) is 10.4. The van der Waals surface area contributed by atoms with E-state index in [0.29, 0.717) is 43.2 Å². The summed E-state index contributed by atoms with van der Waals surface area (Å²) in [5, 5.41) is 4.21. The smallest absolute Gasteiger partial charge is 0.239 e. The minimum absolute atomic E-state index is 0.157. The fourth-order valence-corrected chi connectivity index (χ4v) is 3.24. The van der Waals surface area contributed by atoms with Gasteiger partial charge in [0.15, 0.2) is 0 Å². The summed E-state index contributed by atoms with van der Waals surface area (Å²) < 4.78 is 5.84. The molecule has 158 valence electrons. The van der Waals surface area contributed by atoms with E-state index in [2.05, 4.69) is 10.3 Å². The number of pyridine rings is 1. The number of hydrogen-bond donors (Lipinski definition) is 3. The third-order valence-corrected chi connectivity index (χ3v) is 4.94. The molecule has 2 amide bonds. The lowest BCUT2D eigenvalue weighted by Crippen LogP contribution is -2.44. The van der Waals surface area contributed by atoms with Crippen molar-refractivity contribution in [3.05, 3.63) is 35.5 Å². The normalized spacial score (nSPS) is 11.9. The molecule has 0 aliphatic heterocycles. The molecule has 0 spiro atoms. The number of nitrogens with one attached hydrogen (secondary N) is 1. The van der Waals surface area contributed by atoms with Gasteiger partial charge in [0.25, 0.3) is 0 Å². The number of nitrogens with two attached hydrogens (primary N) is 2. The molecule has 1 heterocycles. The van der Waals surface area contributed by atoms with Crippen LogP contribution >= 0.6 is 11.6 Å². The number of halogens is 1. The molecule has 1 unspecified atom stereocenters. The Bertz CT molecular complexity index is 816. The Hall–Kier alpha value is -2.38. The topological polar surface area (TPSA) is 120 Å². The molecule has 0 fully saturated rings. The number of rotatable bonds is 13. The van der Waals surface area contributed by atoms with Crippen LogP contribution in [0.4, 0.5) is 0 Å². The minimum Gasteiger partial charge on any atom is -0.491 e. The van der Waals surface area contributed by atoms with Crippen LogP contribution in [0.2, 0.25) is 5.02 Å². The highest BCUT2D eigenvalue weighted by atomic mass is 35.5. The summed E-state index contributed by atoms with van der Waals surface area (Å²) in [5.41, 5.74) is 11.5. The number of amides is 2. The lowest BCUT2D eigenvalue weighted by Gasteiger charge is -2.15. The number of fused-ring (bicyclic) bond motifs is 1. The Morgan fingerprint density at radius 1 is 1.14 bits per heavy atom. The quantitative estimate of drug-likeness (QED) is 0.430. The summed E-state index contributed by atoms with van der Waals surface area (Å²) in [6.07, 6.45) is 6.50. The van der Waals surface area contributed by atoms with Crippen LogP contribution in [-0.2, 0) is 9.59 Å². The van der Waals surface area contributed by atoms with Crippen LogP contribution in [0.3, 0.4) is 0 Å². The number of primary amides is 1. The van der Waals surface area contributed by atoms with Crippen LogP contribution in [0.5, 0.6) is 5.75 Å². The average Bonchev–Trinajstić information content (AvgIpc) is 2.71. The van der Waals surface area contributed by atoms with Gasteiger partial charge in [-0.1, -0.05) is 11.6 Å². The van der Waals surface area contributed by atoms with Gasteiger partial charge in [-0.2, -0.15) is 0 Å². The maximum Gasteiger partial charge on any atom is 0.239 e. The van der Waals surface area contributed by atoms with Crippen LogP contribution in [0.1, 0.15) is 44.9 Å². The van der Waals surface area contributed by atoms with Crippen molar-refractivity contribution >= 4 is 34.3 Å². The van der Waals surface area contributed by atoms with Gasteiger partial charge in [0.05, 0.1) is 11.6 Å². The van der Waals surface area contributed by atoms with Gasteiger partial charge in [-0.05, 0) is 69.3 Å². The Kier molecular flexibility index (Phi) is 9.67. The average molecular weight is 421 g/mol. The molecule has 0 aliphatic rings. The highest BCUT2D eigenvalue weighted by Gasteiger charge is 2.17. The number of nitrogens with zero attached hydrogens (tertiary/aromatic N) is 1. The van der Waals surface area contributed by atoms with Gasteiger partial charge in [-0.25, -0.2) is 0 Å². The maximum absolute atomic E-state index is 12.0. The molecule has 1 aromatic carbocycles. The summed E-state index contributed by atoms with van der Waals surface area (Å²) in [4.78, 5) is 27.8. The third-order valence-electron chi connectivity index (χ3n) is 4.61. The van der Waals surface area contributed by atoms with Crippen molar-refractivity contribution < 1.29 is 14.3 Å². The molecule has 1 aromatic heterocycles. The summed E-state index contributed by atoms with van der Waals surface area (Å²) in [7, 11) is 0. The highest BCUT2D eigenvalue weighted by molar-refractivity contribution is 6.35. The number of unbranched alkanes of at least 4 members (excludes halogenated alkanes) is 3. The summed E-state index contributed by atoms with van der Waals surface area (Å²) in [6.45, 7) is 1.08. The molecule has 0 bridgehead atoms. The maximum atomic E-state index is 12.0. The van der Waals surface area contributed by atoms with E-state index in [1.54, 1.807) is 12.3 Å². The van der Waals surface area contributed by atoms with Gasteiger partial charge in [0.2, 0.25) is 11.8 Å². The molecule has 29 heavy (non-hydrogen) atoms. The molecule has 2 rings (SSSR count). The first kappa shape index (κ1) is 22.9. The molecule has 7 nitrogen and oxygen atoms in total. The second kappa shape index (κ2) is 12.2. The summed E-state index contributed by atoms with van der Waals surface area (Å²) in [5.74, 6) is 0.0347. The Morgan fingerprint density at radius 3 is 2.72 bits per heavy atom. The van der Waals surface area contributed by atoms with Crippen molar-refractivity contribution in [1.29, 1.82) is 0 Å². The number of carbonyl (C=O) groups is 2. The zero-order valence-corrected chi connectivity index (χ0v) is 17.3. The number of ether oxygens (including phenoxy) is 1. The van der Waals surface area contributed by atoms with Crippen molar-refractivity contribution in [3.8, 4) is 5.75 Å². The number of benzene rings is 1. The first-order valence-electron chi connectivity index (χ1n) is 9.97. The molecule has 1 atom stereocenters. The molecule has 8 heteroatoms. The predicted molar refractivity (Wildman–Crippen MR) is 115 cm³/mol. The van der Waals surface area contributed by atoms with Crippen LogP contribution in [0.15, 0.2) is 30.5 Å². The molecular formula is C21H29ClN4O3. The zero-order valence-electron chi connectivity index (χ0n) is 16.5. The van der Waals surface area contributed by atoms with E-state index in [0.717, 1.165) is 36.6 Å². The van der Waals surface area contributed by atoms with E-state index in [1.165, 1.54) is 0 Å². The van der Waals surface area contributed by atoms with Gasteiger partial charge >= 0.3 is 0 Å². The van der Waals surface area contributed by atoms with E-state index in [-0.39, 0.29) is 5.91 Å². The molecule has 2 aromatic rings. The summed E-state index contributed by atoms with van der Waals surface area (Å²) in [6, 6.07) is 6.74. The molecule has 0 aliphatic carbocycles. The molecule has 5 N–H and O–H groups in total. The Balaban J connectivity index is 1.67. The van der Waals surface area contributed by atoms with Crippen LogP contribution < -0.4 is 21.5 Å². The van der Waals surface area contributed by atoms with Gasteiger partial charge in [-0.3, -0.25) is 14.6 Å². The van der Waals surface area contributed by atoms with Crippen molar-refractivity contribution in [1.82, 2.24) is 10.3 Å². The first-order chi connectivity index (χ1) is 14.0. The lowest BCUT2D eigenvalue weighted by atomic mass is 10.1. The van der Waals surface area contributed by atoms with E-state index >= 15 is 0 Å². The molecular weight excluding hydrogens is 392 g/mol. The minimum atomic E-state index is -0.622. The standard InChI is InChI=1S/C21H29ClN4O3/c22-16-10-11-18(20-15(16)7-6-13-25-20)29-14-5-1-2-9-19(27)26-17(21(24)28)8-3-4-12-23/h6-7,10-11,13,17H,1-5,8-9,12,14,23H2,(H2,24,28)(H,26,27). The fourth-order valence-electron chi connectivity index (χ4n) is 3.02. The monoisotopic (exact) mass is 420 g/mol. The van der Waals surface area contributed by atoms with Gasteiger partial charge in [0, 0.05) is 18.0 Å². The van der Waals surface area contributed by atoms with Crippen molar-refractivity contribution in [3.63, 3.8) is 0 Å². The van der Waals surface area contributed by atoms with E-state index in [1.807, 2.05) is 18.2 Å². The predicted octanol–water partition coefficient (Wildman–Crippen LogP) is 2.93. The van der Waals surface area contributed by atoms with Gasteiger partial charge < -0.3 is 21.5 Å². The Morgan fingerprint density at radius 2 is 1.97 bits per heavy atom. The van der Waals surface area contributed by atoms with Gasteiger partial charge in [0.1, 0.15) is 17.3 Å². The van der Waals surface area contributed by atoms with E-state index in [4.69, 9.17) is 27.8 Å². The Labute approximate surface area is 176 Å². The molecule has 0 radical (unpaired) electrons. The van der Waals surface area contributed by atoms with Crippen LogP contribution in [0, 0.1) is 0 Å². The van der Waals surface area contributed by atoms with Crippen LogP contribution in [-0.4, -0.2) is 36.0 Å². The fraction of sp³-hybridized carbons (Fsp3) is 0.476. The SMILES string of the molecule is NCCCCC(NC(=O)CCCCCOc1ccc(Cl)c2cccnc12)C(N)=O. The number of aromatic nitrogens is 1. The second-order valence-corrected chi connectivity index (χ2v) is 7.32. The molecule has 0 saturated carbocycles. The lowest BCUT2D eigenvalue weighted by molar-refractivity contribution is -0.127. The van der Waals surface area contributed by atoms with Crippen LogP contribution in [0.25, 0.3) is 10.9 Å². The van der Waals surface area contributed by atoms with Crippen molar-refractivity contribution in [2.75, 3.05) is 13.2 Å². The largest absolute Gasteiger partial charge is 0.491 e. The third kappa shape index (κ3) is 7.51. The number of carbonyl (C=O) groups excluding carboxylic acids is 2. The van der Waals surface area contributed by atoms with Crippen molar-refractivity contribution in [2.24, 2.45) is 11.5 Å².